The Kier molecular flexibility index (Phi) is 23.5. The average Bonchev–Trinajstić information content (AvgIpc) is 2.50. The average molecular weight is 354 g/mol. The van der Waals surface area contributed by atoms with E-state index in [1.807, 2.05) is 0 Å². The molecular weight excluding hydrogens is 317 g/mol. The molecular formula is C18H36KNO3. The number of unbranched alkanes of at least 4 members (excludes halogenated alkanes) is 10. The fourth-order valence-corrected chi connectivity index (χ4v) is 2.39. The van der Waals surface area contributed by atoms with Crippen molar-refractivity contribution in [2.24, 2.45) is 0 Å². The SMILES string of the molecule is CCCCCCCCCCCCCC(=O)OC(=O)CCNC.[KH]. The first-order chi connectivity index (χ1) is 10.7. The topological polar surface area (TPSA) is 55.4 Å². The number of carbonyl (C=O) groups excluding carboxylic acids is 2. The van der Waals surface area contributed by atoms with Crippen LogP contribution in [0.5, 0.6) is 0 Å². The summed E-state index contributed by atoms with van der Waals surface area (Å²) in [5, 5.41) is 2.85. The third-order valence-corrected chi connectivity index (χ3v) is 3.79. The molecule has 1 N–H and O–H groups in total. The molecule has 4 nitrogen and oxygen atoms in total. The molecule has 0 aromatic carbocycles. The van der Waals surface area contributed by atoms with Gasteiger partial charge in [-0.15, -0.1) is 0 Å². The van der Waals surface area contributed by atoms with Crippen molar-refractivity contribution in [3.8, 4) is 0 Å². The standard InChI is InChI=1S/C18H35NO3.K.H/c1-3-4-5-6-7-8-9-10-11-12-13-14-17(20)22-18(21)15-16-19-2;;/h19H,3-16H2,1-2H3;;. The number of esters is 2. The summed E-state index contributed by atoms with van der Waals surface area (Å²) in [4.78, 5) is 22.6. The Balaban J connectivity index is 0. The van der Waals surface area contributed by atoms with E-state index in [0.717, 1.165) is 12.8 Å². The van der Waals surface area contributed by atoms with Gasteiger partial charge in [0.2, 0.25) is 0 Å². The second kappa shape index (κ2) is 20.8. The number of ether oxygens (including phenoxy) is 1. The Morgan fingerprint density at radius 3 is 1.65 bits per heavy atom. The number of hydrogen-bond acceptors (Lipinski definition) is 4. The fourth-order valence-electron chi connectivity index (χ4n) is 2.39. The maximum atomic E-state index is 11.4. The number of rotatable bonds is 15. The van der Waals surface area contributed by atoms with Crippen molar-refractivity contribution in [3.05, 3.63) is 0 Å². The van der Waals surface area contributed by atoms with Gasteiger partial charge >= 0.3 is 63.3 Å². The van der Waals surface area contributed by atoms with Crippen LogP contribution in [0.3, 0.4) is 0 Å². The maximum absolute atomic E-state index is 11.4. The molecule has 0 heterocycles. The van der Waals surface area contributed by atoms with Gasteiger partial charge in [-0.2, -0.15) is 0 Å². The van der Waals surface area contributed by atoms with Gasteiger partial charge in [0, 0.05) is 13.0 Å². The summed E-state index contributed by atoms with van der Waals surface area (Å²) in [5.41, 5.74) is 0. The molecule has 0 aromatic heterocycles. The van der Waals surface area contributed by atoms with Crippen molar-refractivity contribution in [1.82, 2.24) is 5.32 Å². The van der Waals surface area contributed by atoms with Crippen LogP contribution in [0.15, 0.2) is 0 Å². The molecule has 0 amide bonds. The van der Waals surface area contributed by atoms with E-state index < -0.39 is 5.97 Å². The number of carbonyl (C=O) groups is 2. The van der Waals surface area contributed by atoms with Gasteiger partial charge < -0.3 is 10.1 Å². The molecule has 0 aromatic rings. The Morgan fingerprint density at radius 2 is 1.17 bits per heavy atom. The Bertz CT molecular complexity index is 285. The summed E-state index contributed by atoms with van der Waals surface area (Å²) in [6, 6.07) is 0. The van der Waals surface area contributed by atoms with Crippen LogP contribution in [0.2, 0.25) is 0 Å². The third-order valence-electron chi connectivity index (χ3n) is 3.79. The molecule has 0 fully saturated rings. The molecule has 5 heteroatoms. The molecule has 0 radical (unpaired) electrons. The quantitative estimate of drug-likeness (QED) is 0.211. The molecule has 132 valence electrons. The Hall–Kier alpha value is 0.736. The first kappa shape index (κ1) is 26.0. The summed E-state index contributed by atoms with van der Waals surface area (Å²) in [6.45, 7) is 2.79. The zero-order valence-electron chi connectivity index (χ0n) is 14.6. The van der Waals surface area contributed by atoms with E-state index in [-0.39, 0.29) is 63.8 Å². The molecule has 0 aliphatic carbocycles. The van der Waals surface area contributed by atoms with Gasteiger partial charge in [-0.1, -0.05) is 71.1 Å². The van der Waals surface area contributed by atoms with E-state index in [1.54, 1.807) is 7.05 Å². The monoisotopic (exact) mass is 353 g/mol. The van der Waals surface area contributed by atoms with Crippen molar-refractivity contribution in [3.63, 3.8) is 0 Å². The predicted molar refractivity (Wildman–Crippen MR) is 97.9 cm³/mol. The zero-order chi connectivity index (χ0) is 16.5. The van der Waals surface area contributed by atoms with Gasteiger partial charge in [-0.05, 0) is 13.5 Å². The van der Waals surface area contributed by atoms with Gasteiger partial charge in [0.25, 0.3) is 0 Å². The van der Waals surface area contributed by atoms with E-state index in [1.165, 1.54) is 57.8 Å². The molecule has 0 aliphatic rings. The van der Waals surface area contributed by atoms with Crippen LogP contribution in [-0.4, -0.2) is 76.9 Å². The van der Waals surface area contributed by atoms with Gasteiger partial charge in [0.1, 0.15) is 0 Å². The van der Waals surface area contributed by atoms with E-state index in [0.29, 0.717) is 13.0 Å². The van der Waals surface area contributed by atoms with E-state index in [2.05, 4.69) is 12.2 Å². The van der Waals surface area contributed by atoms with E-state index in [9.17, 15) is 9.59 Å². The summed E-state index contributed by atoms with van der Waals surface area (Å²) >= 11 is 0. The fraction of sp³-hybridized carbons (Fsp3) is 0.889. The second-order valence-electron chi connectivity index (χ2n) is 5.99. The Labute approximate surface area is 185 Å². The Morgan fingerprint density at radius 1 is 0.739 bits per heavy atom. The zero-order valence-corrected chi connectivity index (χ0v) is 14.6. The van der Waals surface area contributed by atoms with Crippen LogP contribution < -0.4 is 5.32 Å². The molecule has 23 heavy (non-hydrogen) atoms. The van der Waals surface area contributed by atoms with Crippen LogP contribution in [-0.2, 0) is 14.3 Å². The number of nitrogens with one attached hydrogen (secondary N) is 1. The van der Waals surface area contributed by atoms with Crippen molar-refractivity contribution in [1.29, 1.82) is 0 Å². The molecule has 0 saturated carbocycles. The molecule has 0 saturated heterocycles. The minimum atomic E-state index is -0.428. The molecule has 0 rings (SSSR count). The molecule has 0 spiro atoms. The first-order valence-electron chi connectivity index (χ1n) is 9.08. The predicted octanol–water partition coefficient (Wildman–Crippen LogP) is 3.72. The molecule has 0 bridgehead atoms. The van der Waals surface area contributed by atoms with Crippen molar-refractivity contribution < 1.29 is 14.3 Å². The summed E-state index contributed by atoms with van der Waals surface area (Å²) in [6.07, 6.45) is 14.4. The van der Waals surface area contributed by atoms with Crippen LogP contribution >= 0.6 is 0 Å². The van der Waals surface area contributed by atoms with E-state index >= 15 is 0 Å². The van der Waals surface area contributed by atoms with Crippen molar-refractivity contribution in [2.45, 2.75) is 90.4 Å². The summed E-state index contributed by atoms with van der Waals surface area (Å²) in [5.74, 6) is -0.806. The van der Waals surface area contributed by atoms with Crippen molar-refractivity contribution in [2.75, 3.05) is 13.6 Å². The summed E-state index contributed by atoms with van der Waals surface area (Å²) < 4.78 is 4.73. The first-order valence-corrected chi connectivity index (χ1v) is 9.08. The van der Waals surface area contributed by atoms with Crippen LogP contribution in [0, 0.1) is 0 Å². The van der Waals surface area contributed by atoms with Crippen LogP contribution in [0.1, 0.15) is 90.4 Å². The van der Waals surface area contributed by atoms with Gasteiger partial charge in [0.15, 0.2) is 0 Å². The number of hydrogen-bond donors (Lipinski definition) is 1. The summed E-state index contributed by atoms with van der Waals surface area (Å²) in [7, 11) is 1.76. The van der Waals surface area contributed by atoms with E-state index in [4.69, 9.17) is 4.74 Å². The van der Waals surface area contributed by atoms with Gasteiger partial charge in [-0.25, -0.2) is 0 Å². The van der Waals surface area contributed by atoms with Crippen LogP contribution in [0.4, 0.5) is 0 Å². The van der Waals surface area contributed by atoms with Crippen LogP contribution in [0.25, 0.3) is 0 Å². The third kappa shape index (κ3) is 20.7. The van der Waals surface area contributed by atoms with Crippen molar-refractivity contribution >= 4 is 63.3 Å². The van der Waals surface area contributed by atoms with Gasteiger partial charge in [0.05, 0.1) is 6.42 Å². The molecule has 0 atom stereocenters. The normalized spacial score (nSPS) is 10.2. The second-order valence-corrected chi connectivity index (χ2v) is 5.99. The minimum absolute atomic E-state index is 0. The molecule has 0 aliphatic heterocycles. The van der Waals surface area contributed by atoms with Gasteiger partial charge in [-0.3, -0.25) is 9.59 Å². The molecule has 0 unspecified atom stereocenters.